The highest BCUT2D eigenvalue weighted by molar-refractivity contribution is 7.98. The van der Waals surface area contributed by atoms with Crippen LogP contribution in [0.3, 0.4) is 0 Å². The molecule has 0 amide bonds. The van der Waals surface area contributed by atoms with E-state index in [1.807, 2.05) is 18.2 Å². The molecule has 25 heavy (non-hydrogen) atoms. The van der Waals surface area contributed by atoms with Gasteiger partial charge < -0.3 is 10.2 Å². The average molecular weight is 352 g/mol. The number of aromatic nitrogens is 2. The highest BCUT2D eigenvalue weighted by Gasteiger charge is 2.02. The second kappa shape index (κ2) is 8.16. The van der Waals surface area contributed by atoms with Gasteiger partial charge in [-0.1, -0.05) is 42.1 Å². The van der Waals surface area contributed by atoms with Crippen LogP contribution in [-0.2, 0) is 5.75 Å². The van der Waals surface area contributed by atoms with Crippen molar-refractivity contribution in [2.45, 2.75) is 10.9 Å². The molecule has 3 N–H and O–H groups in total. The Labute approximate surface area is 149 Å². The average Bonchev–Trinajstić information content (AvgIpc) is 2.63. The summed E-state index contributed by atoms with van der Waals surface area (Å²) in [4.78, 5) is 8.62. The molecule has 0 aliphatic rings. The molecule has 0 bridgehead atoms. The van der Waals surface area contributed by atoms with Gasteiger partial charge in [-0.15, -0.1) is 0 Å². The highest BCUT2D eigenvalue weighted by Crippen LogP contribution is 2.21. The molecule has 0 fully saturated rings. The van der Waals surface area contributed by atoms with Crippen LogP contribution in [0.5, 0.6) is 11.5 Å². The maximum absolute atomic E-state index is 9.70. The molecule has 0 unspecified atom stereocenters. The second-order valence-corrected chi connectivity index (χ2v) is 6.05. The Kier molecular flexibility index (Phi) is 5.48. The second-order valence-electron chi connectivity index (χ2n) is 5.11. The number of phenols is 2. The van der Waals surface area contributed by atoms with Gasteiger partial charge in [-0.25, -0.2) is 9.97 Å². The van der Waals surface area contributed by atoms with Crippen molar-refractivity contribution in [3.05, 3.63) is 71.9 Å². The fourth-order valence-corrected chi connectivity index (χ4v) is 2.79. The van der Waals surface area contributed by atoms with E-state index in [0.717, 1.165) is 5.75 Å². The third kappa shape index (κ3) is 4.95. The molecule has 126 valence electrons. The number of aromatic hydroxyl groups is 2. The van der Waals surface area contributed by atoms with Gasteiger partial charge in [0, 0.05) is 29.6 Å². The van der Waals surface area contributed by atoms with Gasteiger partial charge in [-0.2, -0.15) is 5.10 Å². The molecule has 7 heteroatoms. The SMILES string of the molecule is Oc1ccc(/C=N/Nc2ccnc(SCc3ccccc3)n2)c(O)c1. The smallest absolute Gasteiger partial charge is 0.189 e. The summed E-state index contributed by atoms with van der Waals surface area (Å²) < 4.78 is 0. The van der Waals surface area contributed by atoms with Crippen LogP contribution in [0.25, 0.3) is 0 Å². The number of phenolic OH excluding ortho intramolecular Hbond substituents is 2. The van der Waals surface area contributed by atoms with E-state index < -0.39 is 0 Å². The van der Waals surface area contributed by atoms with E-state index in [4.69, 9.17) is 0 Å². The first-order valence-corrected chi connectivity index (χ1v) is 8.50. The van der Waals surface area contributed by atoms with E-state index in [9.17, 15) is 10.2 Å². The molecule has 0 saturated heterocycles. The third-order valence-corrected chi connectivity index (χ3v) is 4.17. The molecular formula is C18H16N4O2S. The summed E-state index contributed by atoms with van der Waals surface area (Å²) in [6.07, 6.45) is 3.11. The summed E-state index contributed by atoms with van der Waals surface area (Å²) in [6.45, 7) is 0. The van der Waals surface area contributed by atoms with Crippen molar-refractivity contribution < 1.29 is 10.2 Å². The monoisotopic (exact) mass is 352 g/mol. The van der Waals surface area contributed by atoms with Crippen LogP contribution in [-0.4, -0.2) is 26.4 Å². The van der Waals surface area contributed by atoms with Crippen molar-refractivity contribution in [3.8, 4) is 11.5 Å². The first-order valence-electron chi connectivity index (χ1n) is 7.51. The Hall–Kier alpha value is -3.06. The number of hydrogen-bond donors (Lipinski definition) is 3. The highest BCUT2D eigenvalue weighted by atomic mass is 32.2. The van der Waals surface area contributed by atoms with Crippen LogP contribution in [0, 0.1) is 0 Å². The fraction of sp³-hybridized carbons (Fsp3) is 0.0556. The molecule has 1 heterocycles. The van der Waals surface area contributed by atoms with Crippen molar-refractivity contribution in [1.82, 2.24) is 9.97 Å². The standard InChI is InChI=1S/C18H16N4O2S/c23-15-7-6-14(16(24)10-15)11-20-22-17-8-9-19-18(21-17)25-12-13-4-2-1-3-5-13/h1-11,23-24H,12H2,(H,19,21,22)/b20-11+. The Morgan fingerprint density at radius 1 is 1.08 bits per heavy atom. The largest absolute Gasteiger partial charge is 0.508 e. The minimum absolute atomic E-state index is 0.00140. The normalized spacial score (nSPS) is 10.9. The molecule has 0 saturated carbocycles. The quantitative estimate of drug-likeness (QED) is 0.272. The van der Waals surface area contributed by atoms with Gasteiger partial charge in [0.05, 0.1) is 6.21 Å². The van der Waals surface area contributed by atoms with Gasteiger partial charge in [0.25, 0.3) is 0 Å². The van der Waals surface area contributed by atoms with Crippen LogP contribution in [0.4, 0.5) is 5.82 Å². The summed E-state index contributed by atoms with van der Waals surface area (Å²) >= 11 is 1.54. The lowest BCUT2D eigenvalue weighted by Gasteiger charge is -2.03. The maximum Gasteiger partial charge on any atom is 0.189 e. The lowest BCUT2D eigenvalue weighted by atomic mass is 10.2. The minimum Gasteiger partial charge on any atom is -0.508 e. The molecular weight excluding hydrogens is 336 g/mol. The van der Waals surface area contributed by atoms with Gasteiger partial charge in [0.15, 0.2) is 11.0 Å². The zero-order chi connectivity index (χ0) is 17.5. The Bertz CT molecular complexity index is 872. The molecule has 3 rings (SSSR count). The number of thioether (sulfide) groups is 1. The molecule has 3 aromatic rings. The van der Waals surface area contributed by atoms with Crippen LogP contribution < -0.4 is 5.43 Å². The van der Waals surface area contributed by atoms with Crippen molar-refractivity contribution in [3.63, 3.8) is 0 Å². The first kappa shape index (κ1) is 16.8. The lowest BCUT2D eigenvalue weighted by molar-refractivity contribution is 0.450. The van der Waals surface area contributed by atoms with E-state index in [1.54, 1.807) is 18.3 Å². The third-order valence-electron chi connectivity index (χ3n) is 3.24. The predicted molar refractivity (Wildman–Crippen MR) is 99.0 cm³/mol. The first-order chi connectivity index (χ1) is 12.2. The number of hydrogen-bond acceptors (Lipinski definition) is 7. The van der Waals surface area contributed by atoms with Gasteiger partial charge in [0.2, 0.25) is 0 Å². The van der Waals surface area contributed by atoms with E-state index >= 15 is 0 Å². The number of anilines is 1. The van der Waals surface area contributed by atoms with Crippen LogP contribution in [0.2, 0.25) is 0 Å². The van der Waals surface area contributed by atoms with E-state index in [1.165, 1.54) is 35.7 Å². The maximum atomic E-state index is 9.70. The predicted octanol–water partition coefficient (Wildman–Crippen LogP) is 3.63. The Morgan fingerprint density at radius 2 is 1.92 bits per heavy atom. The van der Waals surface area contributed by atoms with Crippen LogP contribution >= 0.6 is 11.8 Å². The molecule has 0 aliphatic heterocycles. The molecule has 1 aromatic heterocycles. The van der Waals surface area contributed by atoms with Crippen molar-refractivity contribution >= 4 is 23.8 Å². The number of benzene rings is 2. The topological polar surface area (TPSA) is 90.6 Å². The zero-order valence-electron chi connectivity index (χ0n) is 13.2. The summed E-state index contributed by atoms with van der Waals surface area (Å²) in [5.74, 6) is 1.29. The van der Waals surface area contributed by atoms with Gasteiger partial charge in [-0.3, -0.25) is 5.43 Å². The number of nitrogens with one attached hydrogen (secondary N) is 1. The van der Waals surface area contributed by atoms with Gasteiger partial charge in [-0.05, 0) is 17.7 Å². The van der Waals surface area contributed by atoms with Crippen molar-refractivity contribution in [2.75, 3.05) is 5.43 Å². The Balaban J connectivity index is 1.60. The summed E-state index contributed by atoms with van der Waals surface area (Å²) in [5, 5.41) is 23.7. The van der Waals surface area contributed by atoms with Crippen molar-refractivity contribution in [2.24, 2.45) is 5.10 Å². The zero-order valence-corrected chi connectivity index (χ0v) is 14.0. The minimum atomic E-state index is -0.0488. The van der Waals surface area contributed by atoms with Gasteiger partial charge >= 0.3 is 0 Å². The van der Waals surface area contributed by atoms with E-state index in [-0.39, 0.29) is 11.5 Å². The van der Waals surface area contributed by atoms with E-state index in [0.29, 0.717) is 16.5 Å². The summed E-state index contributed by atoms with van der Waals surface area (Å²) in [6, 6.07) is 16.1. The molecule has 0 atom stereocenters. The molecule has 0 aliphatic carbocycles. The number of rotatable bonds is 6. The lowest BCUT2D eigenvalue weighted by Crippen LogP contribution is -1.96. The summed E-state index contributed by atoms with van der Waals surface area (Å²) in [7, 11) is 0. The van der Waals surface area contributed by atoms with Crippen LogP contribution in [0.1, 0.15) is 11.1 Å². The molecule has 0 radical (unpaired) electrons. The molecule has 2 aromatic carbocycles. The van der Waals surface area contributed by atoms with Gasteiger partial charge in [0.1, 0.15) is 11.5 Å². The molecule has 0 spiro atoms. The number of hydrazone groups is 1. The van der Waals surface area contributed by atoms with E-state index in [2.05, 4.69) is 32.6 Å². The molecule has 6 nitrogen and oxygen atoms in total. The fourth-order valence-electron chi connectivity index (χ4n) is 2.00. The van der Waals surface area contributed by atoms with Crippen LogP contribution in [0.15, 0.2) is 71.1 Å². The Morgan fingerprint density at radius 3 is 2.72 bits per heavy atom. The number of nitrogens with zero attached hydrogens (tertiary/aromatic N) is 3. The van der Waals surface area contributed by atoms with Crippen molar-refractivity contribution in [1.29, 1.82) is 0 Å². The summed E-state index contributed by atoms with van der Waals surface area (Å²) in [5.41, 5.74) is 4.49.